The molecule has 170 valence electrons. The highest BCUT2D eigenvalue weighted by atomic mass is 32.2. The van der Waals surface area contributed by atoms with Gasteiger partial charge in [0, 0.05) is 25.1 Å². The van der Waals surface area contributed by atoms with Crippen LogP contribution in [0.15, 0.2) is 53.9 Å². The third kappa shape index (κ3) is 5.04. The molecular formula is C22H25N3O6S. The lowest BCUT2D eigenvalue weighted by molar-refractivity contribution is -0.121. The fraction of sp³-hybridized carbons (Fsp3) is 0.318. The Balaban J connectivity index is 1.25. The number of carbonyl (C=O) groups is 1. The van der Waals surface area contributed by atoms with Crippen LogP contribution in [0.25, 0.3) is 5.70 Å². The van der Waals surface area contributed by atoms with E-state index in [1.807, 2.05) is 6.07 Å². The largest absolute Gasteiger partial charge is 0.454 e. The van der Waals surface area contributed by atoms with Gasteiger partial charge >= 0.3 is 0 Å². The zero-order valence-corrected chi connectivity index (χ0v) is 18.3. The number of hydrazine groups is 1. The molecule has 2 N–H and O–H groups in total. The van der Waals surface area contributed by atoms with Crippen molar-refractivity contribution in [2.24, 2.45) is 0 Å². The van der Waals surface area contributed by atoms with Crippen LogP contribution in [0, 0.1) is 0 Å². The van der Waals surface area contributed by atoms with Crippen molar-refractivity contribution in [3.8, 4) is 11.5 Å². The zero-order chi connectivity index (χ0) is 22.6. The first kappa shape index (κ1) is 22.1. The second-order valence-corrected chi connectivity index (χ2v) is 9.32. The Morgan fingerprint density at radius 2 is 1.72 bits per heavy atom. The number of morpholine rings is 1. The molecular weight excluding hydrogens is 434 g/mol. The normalized spacial score (nSPS) is 15.9. The zero-order valence-electron chi connectivity index (χ0n) is 17.5. The maximum absolute atomic E-state index is 12.7. The molecule has 0 saturated carbocycles. The van der Waals surface area contributed by atoms with E-state index in [4.69, 9.17) is 14.2 Å². The molecule has 0 atom stereocenters. The molecule has 2 aliphatic rings. The SMILES string of the molecule is C=C(NNC(=O)CCc1ccc(S(=O)(=O)N2CCOCC2)cc1)c1ccc2c(c1)OCO2. The predicted octanol–water partition coefficient (Wildman–Crippen LogP) is 1.66. The van der Waals surface area contributed by atoms with Gasteiger partial charge in [0.25, 0.3) is 0 Å². The second kappa shape index (κ2) is 9.60. The standard InChI is InChI=1S/C22H25N3O6S/c1-16(18-5-8-20-21(14-18)31-15-30-20)23-24-22(26)9-4-17-2-6-19(7-3-17)32(27,28)25-10-12-29-13-11-25/h2-3,5-8,14,23H,1,4,9-13,15H2,(H,24,26). The van der Waals surface area contributed by atoms with E-state index in [1.54, 1.807) is 36.4 Å². The highest BCUT2D eigenvalue weighted by molar-refractivity contribution is 7.89. The van der Waals surface area contributed by atoms with Crippen molar-refractivity contribution in [1.82, 2.24) is 15.2 Å². The van der Waals surface area contributed by atoms with Gasteiger partial charge in [0.1, 0.15) is 0 Å². The first-order chi connectivity index (χ1) is 15.4. The summed E-state index contributed by atoms with van der Waals surface area (Å²) in [6, 6.07) is 12.0. The lowest BCUT2D eigenvalue weighted by atomic mass is 10.1. The lowest BCUT2D eigenvalue weighted by Gasteiger charge is -2.26. The Hall–Kier alpha value is -3.08. The average molecular weight is 460 g/mol. The summed E-state index contributed by atoms with van der Waals surface area (Å²) >= 11 is 0. The van der Waals surface area contributed by atoms with Crippen LogP contribution in [0.2, 0.25) is 0 Å². The number of nitrogens with zero attached hydrogens (tertiary/aromatic N) is 1. The van der Waals surface area contributed by atoms with E-state index >= 15 is 0 Å². The number of rotatable bonds is 8. The molecule has 1 amide bonds. The molecule has 9 nitrogen and oxygen atoms in total. The van der Waals surface area contributed by atoms with Gasteiger partial charge in [0.05, 0.1) is 23.8 Å². The Bertz CT molecular complexity index is 1100. The molecule has 0 bridgehead atoms. The van der Waals surface area contributed by atoms with Crippen molar-refractivity contribution in [3.05, 3.63) is 60.2 Å². The van der Waals surface area contributed by atoms with Crippen molar-refractivity contribution >= 4 is 21.6 Å². The molecule has 1 saturated heterocycles. The molecule has 0 unspecified atom stereocenters. The number of fused-ring (bicyclic) bond motifs is 1. The van der Waals surface area contributed by atoms with Crippen LogP contribution in [-0.2, 0) is 26.0 Å². The Morgan fingerprint density at radius 1 is 1.00 bits per heavy atom. The number of aryl methyl sites for hydroxylation is 1. The maximum atomic E-state index is 12.7. The minimum absolute atomic E-state index is 0.190. The van der Waals surface area contributed by atoms with Gasteiger partial charge in [-0.15, -0.1) is 0 Å². The third-order valence-electron chi connectivity index (χ3n) is 5.25. The number of nitrogens with one attached hydrogen (secondary N) is 2. The summed E-state index contributed by atoms with van der Waals surface area (Å²) in [5.74, 6) is 1.10. The minimum Gasteiger partial charge on any atom is -0.454 e. The van der Waals surface area contributed by atoms with Crippen LogP contribution in [0.4, 0.5) is 0 Å². The number of hydrogen-bond acceptors (Lipinski definition) is 7. The fourth-order valence-corrected chi connectivity index (χ4v) is 4.79. The Kier molecular flexibility index (Phi) is 6.63. The summed E-state index contributed by atoms with van der Waals surface area (Å²) in [5, 5.41) is 0. The van der Waals surface area contributed by atoms with E-state index in [2.05, 4.69) is 17.4 Å². The van der Waals surface area contributed by atoms with E-state index in [0.29, 0.717) is 49.9 Å². The van der Waals surface area contributed by atoms with Crippen LogP contribution in [-0.4, -0.2) is 51.7 Å². The molecule has 0 spiro atoms. The van der Waals surface area contributed by atoms with E-state index in [1.165, 1.54) is 4.31 Å². The molecule has 0 aromatic heterocycles. The number of benzene rings is 2. The van der Waals surface area contributed by atoms with Crippen LogP contribution >= 0.6 is 0 Å². The van der Waals surface area contributed by atoms with Gasteiger partial charge in [-0.3, -0.25) is 15.6 Å². The Labute approximate surface area is 187 Å². The van der Waals surface area contributed by atoms with Crippen LogP contribution in [0.3, 0.4) is 0 Å². The number of hydrogen-bond donors (Lipinski definition) is 2. The molecule has 0 aliphatic carbocycles. The van der Waals surface area contributed by atoms with Crippen molar-refractivity contribution in [2.75, 3.05) is 33.1 Å². The average Bonchev–Trinajstić information content (AvgIpc) is 3.30. The molecule has 0 radical (unpaired) electrons. The number of carbonyl (C=O) groups excluding carboxylic acids is 1. The van der Waals surface area contributed by atoms with Gasteiger partial charge in [-0.05, 0) is 42.3 Å². The summed E-state index contributed by atoms with van der Waals surface area (Å²) in [5.41, 5.74) is 7.59. The van der Waals surface area contributed by atoms with Gasteiger partial charge in [-0.25, -0.2) is 8.42 Å². The van der Waals surface area contributed by atoms with Gasteiger partial charge in [0.15, 0.2) is 11.5 Å². The first-order valence-corrected chi connectivity index (χ1v) is 11.7. The van der Waals surface area contributed by atoms with Crippen molar-refractivity contribution in [3.63, 3.8) is 0 Å². The van der Waals surface area contributed by atoms with Gasteiger partial charge < -0.3 is 14.2 Å². The van der Waals surface area contributed by atoms with Crippen LogP contribution < -0.4 is 20.3 Å². The molecule has 1 fully saturated rings. The van der Waals surface area contributed by atoms with Crippen molar-refractivity contribution < 1.29 is 27.4 Å². The summed E-state index contributed by atoms with van der Waals surface area (Å²) in [6.45, 7) is 5.63. The second-order valence-electron chi connectivity index (χ2n) is 7.38. The molecule has 2 aromatic rings. The molecule has 2 aliphatic heterocycles. The molecule has 4 rings (SSSR count). The fourth-order valence-electron chi connectivity index (χ4n) is 3.39. The smallest absolute Gasteiger partial charge is 0.243 e. The van der Waals surface area contributed by atoms with Crippen LogP contribution in [0.1, 0.15) is 17.5 Å². The van der Waals surface area contributed by atoms with Gasteiger partial charge in [-0.2, -0.15) is 4.31 Å². The van der Waals surface area contributed by atoms with Gasteiger partial charge in [0.2, 0.25) is 22.7 Å². The highest BCUT2D eigenvalue weighted by Crippen LogP contribution is 2.33. The number of ether oxygens (including phenoxy) is 3. The van der Waals surface area contributed by atoms with E-state index in [0.717, 1.165) is 11.1 Å². The number of amides is 1. The minimum atomic E-state index is -3.52. The first-order valence-electron chi connectivity index (χ1n) is 10.2. The summed E-state index contributed by atoms with van der Waals surface area (Å²) in [6.07, 6.45) is 0.707. The predicted molar refractivity (Wildman–Crippen MR) is 117 cm³/mol. The number of sulfonamides is 1. The van der Waals surface area contributed by atoms with E-state index < -0.39 is 10.0 Å². The van der Waals surface area contributed by atoms with Gasteiger partial charge in [-0.1, -0.05) is 18.7 Å². The topological polar surface area (TPSA) is 106 Å². The van der Waals surface area contributed by atoms with E-state index in [9.17, 15) is 13.2 Å². The lowest BCUT2D eigenvalue weighted by Crippen LogP contribution is -2.40. The highest BCUT2D eigenvalue weighted by Gasteiger charge is 2.26. The molecule has 32 heavy (non-hydrogen) atoms. The van der Waals surface area contributed by atoms with E-state index in [-0.39, 0.29) is 24.0 Å². The third-order valence-corrected chi connectivity index (χ3v) is 7.16. The molecule has 2 aromatic carbocycles. The quantitative estimate of drug-likeness (QED) is 0.579. The van der Waals surface area contributed by atoms with Crippen LogP contribution in [0.5, 0.6) is 11.5 Å². The summed E-state index contributed by atoms with van der Waals surface area (Å²) in [7, 11) is -3.52. The molecule has 10 heteroatoms. The monoisotopic (exact) mass is 459 g/mol. The summed E-state index contributed by atoms with van der Waals surface area (Å²) in [4.78, 5) is 12.4. The maximum Gasteiger partial charge on any atom is 0.243 e. The summed E-state index contributed by atoms with van der Waals surface area (Å²) < 4.78 is 42.6. The van der Waals surface area contributed by atoms with Crippen molar-refractivity contribution in [2.45, 2.75) is 17.7 Å². The molecule has 2 heterocycles. The Morgan fingerprint density at radius 3 is 2.47 bits per heavy atom. The van der Waals surface area contributed by atoms with Crippen molar-refractivity contribution in [1.29, 1.82) is 0 Å².